The monoisotopic (exact) mass is 411 g/mol. The molecule has 2 heterocycles. The standard InChI is InChI=1S/C23H30FN5O/c1-22(2)16(8-9-19-18(25-4)7-6-12-27-19)10-11-23(22,3)28-14-21(30)29-15-17(24)13-20(29)26-5/h6-7,12,16-17,20,28H,8-11,13-15H2,1-3H3/t16-,17-,20-,23+/m0/s1. The van der Waals surface area contributed by atoms with E-state index in [4.69, 9.17) is 13.1 Å². The predicted molar refractivity (Wildman–Crippen MR) is 113 cm³/mol. The average Bonchev–Trinajstić information content (AvgIpc) is 3.22. The van der Waals surface area contributed by atoms with Crippen LogP contribution in [0.25, 0.3) is 9.69 Å². The lowest BCUT2D eigenvalue weighted by molar-refractivity contribution is -0.131. The molecule has 30 heavy (non-hydrogen) atoms. The topological polar surface area (TPSA) is 54.0 Å². The summed E-state index contributed by atoms with van der Waals surface area (Å²) in [4.78, 5) is 25.4. The van der Waals surface area contributed by atoms with E-state index >= 15 is 0 Å². The SMILES string of the molecule is [C-]#[N+]c1cccnc1CC[C@H]1CC[C@@](C)(NCC(=O)N2C[C@@H](F)C[C@H]2[N+]#[C-])C1(C)C. The van der Waals surface area contributed by atoms with E-state index in [2.05, 4.69) is 40.8 Å². The van der Waals surface area contributed by atoms with Gasteiger partial charge in [0.25, 0.3) is 0 Å². The first-order valence-corrected chi connectivity index (χ1v) is 10.6. The molecule has 1 saturated heterocycles. The van der Waals surface area contributed by atoms with E-state index in [1.807, 2.05) is 6.07 Å². The van der Waals surface area contributed by atoms with Crippen LogP contribution in [0.15, 0.2) is 18.3 Å². The number of halogens is 1. The molecule has 7 heteroatoms. The van der Waals surface area contributed by atoms with Crippen LogP contribution >= 0.6 is 0 Å². The van der Waals surface area contributed by atoms with Crippen molar-refractivity contribution in [3.63, 3.8) is 0 Å². The van der Waals surface area contributed by atoms with E-state index in [9.17, 15) is 9.18 Å². The van der Waals surface area contributed by atoms with Crippen molar-refractivity contribution in [2.24, 2.45) is 11.3 Å². The van der Waals surface area contributed by atoms with Crippen molar-refractivity contribution in [2.45, 2.75) is 70.8 Å². The molecule has 160 valence electrons. The smallest absolute Gasteiger partial charge is 0.303 e. The van der Waals surface area contributed by atoms with Gasteiger partial charge < -0.3 is 5.32 Å². The van der Waals surface area contributed by atoms with Crippen LogP contribution in [-0.2, 0) is 11.2 Å². The number of aromatic nitrogens is 1. The van der Waals surface area contributed by atoms with Gasteiger partial charge in [-0.2, -0.15) is 0 Å². The lowest BCUT2D eigenvalue weighted by atomic mass is 9.70. The first-order chi connectivity index (χ1) is 14.2. The maximum absolute atomic E-state index is 13.7. The summed E-state index contributed by atoms with van der Waals surface area (Å²) < 4.78 is 13.7. The van der Waals surface area contributed by atoms with E-state index in [-0.39, 0.29) is 36.4 Å². The van der Waals surface area contributed by atoms with Gasteiger partial charge in [-0.3, -0.25) is 19.5 Å². The summed E-state index contributed by atoms with van der Waals surface area (Å²) in [5.41, 5.74) is 1.17. The van der Waals surface area contributed by atoms with Crippen molar-refractivity contribution >= 4 is 11.6 Å². The Morgan fingerprint density at radius 2 is 2.17 bits per heavy atom. The molecular formula is C23H30FN5O. The maximum Gasteiger partial charge on any atom is 0.303 e. The quantitative estimate of drug-likeness (QED) is 0.715. The number of pyridine rings is 1. The Bertz CT molecular complexity index is 873. The molecule has 1 amide bonds. The van der Waals surface area contributed by atoms with Gasteiger partial charge in [-0.25, -0.2) is 15.8 Å². The second-order valence-electron chi connectivity index (χ2n) is 9.25. The molecule has 4 atom stereocenters. The molecule has 0 unspecified atom stereocenters. The van der Waals surface area contributed by atoms with E-state index in [0.29, 0.717) is 11.6 Å². The molecule has 2 aliphatic rings. The molecule has 0 spiro atoms. The second-order valence-corrected chi connectivity index (χ2v) is 9.25. The van der Waals surface area contributed by atoms with Crippen molar-refractivity contribution in [1.29, 1.82) is 0 Å². The fourth-order valence-electron chi connectivity index (χ4n) is 4.98. The molecular weight excluding hydrogens is 381 g/mol. The summed E-state index contributed by atoms with van der Waals surface area (Å²) in [6.45, 7) is 21.3. The normalized spacial score (nSPS) is 30.1. The van der Waals surface area contributed by atoms with E-state index in [0.717, 1.165) is 31.4 Å². The third-order valence-electron chi connectivity index (χ3n) is 7.47. The first kappa shape index (κ1) is 22.2. The number of aryl methyl sites for hydroxylation is 1. The van der Waals surface area contributed by atoms with Crippen LogP contribution in [-0.4, -0.2) is 46.8 Å². The fraction of sp³-hybridized carbons (Fsp3) is 0.652. The minimum atomic E-state index is -1.11. The lowest BCUT2D eigenvalue weighted by Crippen LogP contribution is -2.55. The highest BCUT2D eigenvalue weighted by atomic mass is 19.1. The van der Waals surface area contributed by atoms with Crippen LogP contribution in [0, 0.1) is 24.5 Å². The molecule has 3 rings (SSSR count). The Morgan fingerprint density at radius 1 is 1.40 bits per heavy atom. The number of carbonyl (C=O) groups is 1. The molecule has 0 bridgehead atoms. The fourth-order valence-corrected chi connectivity index (χ4v) is 4.98. The molecule has 1 aliphatic heterocycles. The van der Waals surface area contributed by atoms with Crippen molar-refractivity contribution < 1.29 is 9.18 Å². The second kappa shape index (κ2) is 8.70. The van der Waals surface area contributed by atoms with Gasteiger partial charge >= 0.3 is 6.17 Å². The Hall–Kier alpha value is -2.51. The summed E-state index contributed by atoms with van der Waals surface area (Å²) >= 11 is 0. The molecule has 6 nitrogen and oxygen atoms in total. The van der Waals surface area contributed by atoms with Gasteiger partial charge in [0.05, 0.1) is 26.1 Å². The van der Waals surface area contributed by atoms with Crippen LogP contribution in [0.1, 0.15) is 52.1 Å². The Morgan fingerprint density at radius 3 is 2.87 bits per heavy atom. The van der Waals surface area contributed by atoms with Gasteiger partial charge in [0, 0.05) is 17.4 Å². The Balaban J connectivity index is 1.60. The molecule has 1 aromatic rings. The molecule has 0 radical (unpaired) electrons. The van der Waals surface area contributed by atoms with Crippen LogP contribution in [0.4, 0.5) is 10.1 Å². The Kier molecular flexibility index (Phi) is 6.43. The van der Waals surface area contributed by atoms with Crippen LogP contribution < -0.4 is 5.32 Å². The maximum atomic E-state index is 13.7. The number of hydrogen-bond donors (Lipinski definition) is 1. The number of nitrogens with one attached hydrogen (secondary N) is 1. The zero-order chi connectivity index (χ0) is 21.9. The van der Waals surface area contributed by atoms with Crippen LogP contribution in [0.2, 0.25) is 0 Å². The van der Waals surface area contributed by atoms with Gasteiger partial charge in [-0.1, -0.05) is 26.0 Å². The summed E-state index contributed by atoms with van der Waals surface area (Å²) in [6.07, 6.45) is 3.73. The van der Waals surface area contributed by atoms with Crippen LogP contribution in [0.3, 0.4) is 0 Å². The van der Waals surface area contributed by atoms with E-state index < -0.39 is 12.3 Å². The molecule has 1 aliphatic carbocycles. The number of likely N-dealkylation sites (tertiary alicyclic amines) is 1. The predicted octanol–water partition coefficient (Wildman–Crippen LogP) is 4.17. The first-order valence-electron chi connectivity index (χ1n) is 10.6. The average molecular weight is 412 g/mol. The van der Waals surface area contributed by atoms with Crippen LogP contribution in [0.5, 0.6) is 0 Å². The zero-order valence-electron chi connectivity index (χ0n) is 18.0. The van der Waals surface area contributed by atoms with Crippen molar-refractivity contribution in [3.8, 4) is 0 Å². The van der Waals surface area contributed by atoms with Crippen molar-refractivity contribution in [3.05, 3.63) is 46.9 Å². The van der Waals surface area contributed by atoms with Gasteiger partial charge in [-0.05, 0) is 43.9 Å². The van der Waals surface area contributed by atoms with E-state index in [1.165, 1.54) is 4.90 Å². The third-order valence-corrected chi connectivity index (χ3v) is 7.47. The number of carbonyl (C=O) groups excluding carboxylic acids is 1. The highest BCUT2D eigenvalue weighted by molar-refractivity contribution is 5.79. The molecule has 1 N–H and O–H groups in total. The summed E-state index contributed by atoms with van der Waals surface area (Å²) in [5.74, 6) is 0.232. The Labute approximate surface area is 178 Å². The minimum Gasteiger partial charge on any atom is -0.303 e. The summed E-state index contributed by atoms with van der Waals surface area (Å²) in [6, 6.07) is 3.60. The minimum absolute atomic E-state index is 0.0176. The van der Waals surface area contributed by atoms with Gasteiger partial charge in [0.1, 0.15) is 6.17 Å². The molecule has 1 aromatic heterocycles. The number of amides is 1. The van der Waals surface area contributed by atoms with Gasteiger partial charge in [0.2, 0.25) is 11.6 Å². The van der Waals surface area contributed by atoms with Gasteiger partial charge in [0.15, 0.2) is 0 Å². The summed E-state index contributed by atoms with van der Waals surface area (Å²) in [7, 11) is 0. The number of rotatable bonds is 6. The zero-order valence-corrected chi connectivity index (χ0v) is 18.0. The van der Waals surface area contributed by atoms with Crippen molar-refractivity contribution in [1.82, 2.24) is 15.2 Å². The highest BCUT2D eigenvalue weighted by Gasteiger charge is 2.51. The molecule has 2 fully saturated rings. The number of nitrogens with zero attached hydrogens (tertiary/aromatic N) is 4. The summed E-state index contributed by atoms with van der Waals surface area (Å²) in [5, 5.41) is 3.45. The van der Waals surface area contributed by atoms with Crippen molar-refractivity contribution in [2.75, 3.05) is 13.1 Å². The molecule has 0 aromatic carbocycles. The highest BCUT2D eigenvalue weighted by Crippen LogP contribution is 2.51. The number of hydrogen-bond acceptors (Lipinski definition) is 3. The van der Waals surface area contributed by atoms with E-state index in [1.54, 1.807) is 12.3 Å². The largest absolute Gasteiger partial charge is 0.303 e. The number of alkyl halides is 1. The van der Waals surface area contributed by atoms with Gasteiger partial charge in [-0.15, -0.1) is 0 Å². The third kappa shape index (κ3) is 4.18. The molecule has 1 saturated carbocycles. The lowest BCUT2D eigenvalue weighted by Gasteiger charge is -2.43.